The molecular formula is C8H5ClIN3. The first-order valence-electron chi connectivity index (χ1n) is 3.55. The predicted molar refractivity (Wildman–Crippen MR) is 61.7 cm³/mol. The van der Waals surface area contributed by atoms with Crippen LogP contribution in [0.3, 0.4) is 0 Å². The lowest BCUT2D eigenvalue weighted by molar-refractivity contribution is 1.23. The van der Waals surface area contributed by atoms with Crippen LogP contribution >= 0.6 is 34.2 Å². The van der Waals surface area contributed by atoms with Gasteiger partial charge in [-0.2, -0.15) is 0 Å². The molecule has 2 rings (SSSR count). The Bertz CT molecular complexity index is 472. The second-order valence-electron chi connectivity index (χ2n) is 2.54. The molecule has 13 heavy (non-hydrogen) atoms. The van der Waals surface area contributed by atoms with E-state index in [9.17, 15) is 0 Å². The van der Waals surface area contributed by atoms with Gasteiger partial charge in [-0.25, -0.2) is 9.97 Å². The molecule has 0 aliphatic heterocycles. The minimum atomic E-state index is 0.186. The molecule has 0 bridgehead atoms. The molecule has 0 amide bonds. The van der Waals surface area contributed by atoms with Gasteiger partial charge in [-0.1, -0.05) is 0 Å². The van der Waals surface area contributed by atoms with Crippen molar-refractivity contribution in [2.45, 2.75) is 0 Å². The number of anilines is 1. The van der Waals surface area contributed by atoms with Gasteiger partial charge in [0.15, 0.2) is 0 Å². The highest BCUT2D eigenvalue weighted by Gasteiger charge is 2.03. The molecule has 1 aromatic heterocycles. The highest BCUT2D eigenvalue weighted by Crippen LogP contribution is 2.21. The van der Waals surface area contributed by atoms with Gasteiger partial charge in [0.1, 0.15) is 5.82 Å². The van der Waals surface area contributed by atoms with Crippen LogP contribution in [0.4, 0.5) is 5.82 Å². The maximum absolute atomic E-state index is 5.69. The summed E-state index contributed by atoms with van der Waals surface area (Å²) >= 11 is 7.87. The van der Waals surface area contributed by atoms with Crippen LogP contribution in [0.5, 0.6) is 0 Å². The van der Waals surface area contributed by atoms with Gasteiger partial charge >= 0.3 is 0 Å². The van der Waals surface area contributed by atoms with E-state index in [1.165, 1.54) is 0 Å². The molecule has 1 aromatic carbocycles. The Morgan fingerprint density at radius 1 is 1.31 bits per heavy atom. The topological polar surface area (TPSA) is 51.8 Å². The van der Waals surface area contributed by atoms with Gasteiger partial charge in [0.05, 0.1) is 5.52 Å². The first-order valence-corrected chi connectivity index (χ1v) is 5.01. The number of hydrogen-bond donors (Lipinski definition) is 1. The fourth-order valence-corrected chi connectivity index (χ4v) is 1.77. The van der Waals surface area contributed by atoms with E-state index in [-0.39, 0.29) is 5.28 Å². The van der Waals surface area contributed by atoms with Crippen molar-refractivity contribution in [3.05, 3.63) is 27.1 Å². The normalized spacial score (nSPS) is 10.6. The van der Waals surface area contributed by atoms with E-state index >= 15 is 0 Å². The van der Waals surface area contributed by atoms with Gasteiger partial charge < -0.3 is 5.73 Å². The standard InChI is InChI=1S/C8H5ClIN3/c9-8-12-6-2-1-4(10)3-5(6)7(11)13-8/h1-3H,(H2,11,12,13). The molecule has 0 saturated heterocycles. The number of aromatic nitrogens is 2. The number of benzene rings is 1. The van der Waals surface area contributed by atoms with Gasteiger partial charge in [0, 0.05) is 8.96 Å². The molecule has 5 heteroatoms. The van der Waals surface area contributed by atoms with Crippen LogP contribution in [-0.2, 0) is 0 Å². The zero-order valence-corrected chi connectivity index (χ0v) is 9.37. The van der Waals surface area contributed by atoms with Crippen molar-refractivity contribution in [1.29, 1.82) is 0 Å². The molecule has 0 atom stereocenters. The number of rotatable bonds is 0. The summed E-state index contributed by atoms with van der Waals surface area (Å²) in [5.74, 6) is 0.425. The van der Waals surface area contributed by atoms with Crippen LogP contribution in [0.25, 0.3) is 10.9 Å². The Morgan fingerprint density at radius 3 is 2.85 bits per heavy atom. The summed E-state index contributed by atoms with van der Waals surface area (Å²) in [7, 11) is 0. The van der Waals surface area contributed by atoms with Crippen molar-refractivity contribution in [2.24, 2.45) is 0 Å². The number of fused-ring (bicyclic) bond motifs is 1. The molecule has 0 unspecified atom stereocenters. The van der Waals surface area contributed by atoms with Crippen LogP contribution in [0, 0.1) is 3.57 Å². The molecule has 66 valence electrons. The average Bonchev–Trinajstić information content (AvgIpc) is 2.06. The first-order chi connectivity index (χ1) is 6.16. The highest BCUT2D eigenvalue weighted by atomic mass is 127. The second kappa shape index (κ2) is 3.26. The monoisotopic (exact) mass is 305 g/mol. The number of hydrogen-bond acceptors (Lipinski definition) is 3. The van der Waals surface area contributed by atoms with E-state index in [2.05, 4.69) is 32.6 Å². The van der Waals surface area contributed by atoms with Crippen LogP contribution in [0.2, 0.25) is 5.28 Å². The lowest BCUT2D eigenvalue weighted by Crippen LogP contribution is -1.94. The Hall–Kier alpha value is -0.620. The van der Waals surface area contributed by atoms with E-state index in [0.717, 1.165) is 14.5 Å². The average molecular weight is 306 g/mol. The summed E-state index contributed by atoms with van der Waals surface area (Å²) < 4.78 is 1.10. The molecule has 0 fully saturated rings. The minimum absolute atomic E-state index is 0.186. The van der Waals surface area contributed by atoms with Gasteiger partial charge in [0.2, 0.25) is 5.28 Å². The van der Waals surface area contributed by atoms with E-state index in [0.29, 0.717) is 5.82 Å². The van der Waals surface area contributed by atoms with Crippen LogP contribution < -0.4 is 5.73 Å². The van der Waals surface area contributed by atoms with Gasteiger partial charge in [-0.15, -0.1) is 0 Å². The Kier molecular flexibility index (Phi) is 2.25. The Labute approximate surface area is 93.5 Å². The smallest absolute Gasteiger partial charge is 0.224 e. The van der Waals surface area contributed by atoms with Crippen molar-refractivity contribution in [3.63, 3.8) is 0 Å². The Morgan fingerprint density at radius 2 is 2.08 bits per heavy atom. The van der Waals surface area contributed by atoms with Gasteiger partial charge in [-0.3, -0.25) is 0 Å². The summed E-state index contributed by atoms with van der Waals surface area (Å²) in [6.45, 7) is 0. The van der Waals surface area contributed by atoms with Crippen molar-refractivity contribution >= 4 is 50.9 Å². The fraction of sp³-hybridized carbons (Fsp3) is 0. The molecule has 3 nitrogen and oxygen atoms in total. The lowest BCUT2D eigenvalue weighted by Gasteiger charge is -2.01. The number of halogens is 2. The largest absolute Gasteiger partial charge is 0.383 e. The number of nitrogens with two attached hydrogens (primary N) is 1. The Balaban J connectivity index is 2.87. The molecule has 0 radical (unpaired) electrons. The van der Waals surface area contributed by atoms with Crippen LogP contribution in [0.1, 0.15) is 0 Å². The van der Waals surface area contributed by atoms with Crippen LogP contribution in [-0.4, -0.2) is 9.97 Å². The van der Waals surface area contributed by atoms with Crippen LogP contribution in [0.15, 0.2) is 18.2 Å². The van der Waals surface area contributed by atoms with Gasteiger partial charge in [0.25, 0.3) is 0 Å². The third-order valence-electron chi connectivity index (χ3n) is 1.66. The number of nitrogens with zero attached hydrogens (tertiary/aromatic N) is 2. The van der Waals surface area contributed by atoms with E-state index < -0.39 is 0 Å². The molecule has 1 heterocycles. The van der Waals surface area contributed by atoms with Crippen molar-refractivity contribution < 1.29 is 0 Å². The fourth-order valence-electron chi connectivity index (χ4n) is 1.09. The molecule has 2 aromatic rings. The summed E-state index contributed by atoms with van der Waals surface area (Å²) in [5.41, 5.74) is 6.46. The maximum atomic E-state index is 5.69. The third kappa shape index (κ3) is 1.68. The van der Waals surface area contributed by atoms with E-state index in [1.54, 1.807) is 0 Å². The van der Waals surface area contributed by atoms with Gasteiger partial charge in [-0.05, 0) is 52.4 Å². The molecule has 0 aliphatic rings. The molecule has 0 spiro atoms. The molecular weight excluding hydrogens is 300 g/mol. The zero-order valence-electron chi connectivity index (χ0n) is 6.46. The first kappa shape index (κ1) is 8.96. The predicted octanol–water partition coefficient (Wildman–Crippen LogP) is 2.47. The summed E-state index contributed by atoms with van der Waals surface area (Å²) in [6.07, 6.45) is 0. The second-order valence-corrected chi connectivity index (χ2v) is 4.12. The van der Waals surface area contributed by atoms with Crippen molar-refractivity contribution in [1.82, 2.24) is 9.97 Å². The zero-order chi connectivity index (χ0) is 9.42. The summed E-state index contributed by atoms with van der Waals surface area (Å²) in [6, 6.07) is 5.76. The van der Waals surface area contributed by atoms with E-state index in [4.69, 9.17) is 17.3 Å². The summed E-state index contributed by atoms with van der Waals surface area (Å²) in [5, 5.41) is 1.03. The lowest BCUT2D eigenvalue weighted by atomic mass is 10.2. The molecule has 0 aliphatic carbocycles. The SMILES string of the molecule is Nc1nc(Cl)nc2ccc(I)cc12. The molecule has 2 N–H and O–H groups in total. The third-order valence-corrected chi connectivity index (χ3v) is 2.50. The number of nitrogen functional groups attached to an aromatic ring is 1. The van der Waals surface area contributed by atoms with Crippen molar-refractivity contribution in [3.8, 4) is 0 Å². The highest BCUT2D eigenvalue weighted by molar-refractivity contribution is 14.1. The minimum Gasteiger partial charge on any atom is -0.383 e. The summed E-state index contributed by atoms with van der Waals surface area (Å²) in [4.78, 5) is 7.92. The molecule has 0 saturated carbocycles. The van der Waals surface area contributed by atoms with Crippen molar-refractivity contribution in [2.75, 3.05) is 5.73 Å². The maximum Gasteiger partial charge on any atom is 0.224 e. The van der Waals surface area contributed by atoms with E-state index in [1.807, 2.05) is 18.2 Å². The quantitative estimate of drug-likeness (QED) is 0.601.